The summed E-state index contributed by atoms with van der Waals surface area (Å²) in [7, 11) is 0. The van der Waals surface area contributed by atoms with Crippen LogP contribution in [0.1, 0.15) is 12.8 Å². The van der Waals surface area contributed by atoms with Crippen LogP contribution in [-0.4, -0.2) is 25.3 Å². The van der Waals surface area contributed by atoms with Crippen LogP contribution in [0.15, 0.2) is 30.3 Å². The van der Waals surface area contributed by atoms with E-state index in [4.69, 9.17) is 5.73 Å². The summed E-state index contributed by atoms with van der Waals surface area (Å²) in [4.78, 5) is 2.17. The number of benzene rings is 1. The number of nitrogens with two attached hydrogens (primary N) is 1. The maximum absolute atomic E-state index is 12.8. The molecule has 0 spiro atoms. The highest BCUT2D eigenvalue weighted by atomic mass is 19.1. The van der Waals surface area contributed by atoms with Gasteiger partial charge in [0.1, 0.15) is 6.67 Å². The molecule has 1 aliphatic heterocycles. The lowest BCUT2D eigenvalue weighted by molar-refractivity contribution is 0.264. The van der Waals surface area contributed by atoms with Gasteiger partial charge in [0, 0.05) is 18.8 Å². The van der Waals surface area contributed by atoms with Gasteiger partial charge in [-0.3, -0.25) is 0 Å². The van der Waals surface area contributed by atoms with Crippen molar-refractivity contribution in [2.45, 2.75) is 18.4 Å². The highest BCUT2D eigenvalue weighted by Gasteiger charge is 2.31. The normalized spacial score (nSPS) is 26.7. The molecule has 2 N–H and O–H groups in total. The molecule has 82 valence electrons. The summed E-state index contributed by atoms with van der Waals surface area (Å²) >= 11 is 0. The Morgan fingerprint density at radius 1 is 1.33 bits per heavy atom. The van der Waals surface area contributed by atoms with E-state index in [1.165, 1.54) is 0 Å². The molecule has 15 heavy (non-hydrogen) atoms. The van der Waals surface area contributed by atoms with E-state index < -0.39 is 12.2 Å². The molecule has 0 bridgehead atoms. The van der Waals surface area contributed by atoms with Crippen LogP contribution in [0.3, 0.4) is 0 Å². The molecule has 0 radical (unpaired) electrons. The van der Waals surface area contributed by atoms with Crippen molar-refractivity contribution in [1.29, 1.82) is 0 Å². The third kappa shape index (κ3) is 2.29. The largest absolute Gasteiger partial charge is 0.370 e. The molecule has 0 saturated carbocycles. The zero-order valence-electron chi connectivity index (χ0n) is 8.82. The Morgan fingerprint density at radius 2 is 2.07 bits per heavy atom. The molecule has 2 rings (SSSR count). The van der Waals surface area contributed by atoms with Crippen LogP contribution in [0.4, 0.5) is 10.1 Å². The SMILES string of the molecule is NC1(CF)CCCN(c2ccccc2)C1. The molecule has 1 aromatic carbocycles. The highest BCUT2D eigenvalue weighted by molar-refractivity contribution is 5.47. The van der Waals surface area contributed by atoms with Crippen LogP contribution in [-0.2, 0) is 0 Å². The van der Waals surface area contributed by atoms with Gasteiger partial charge in [0.25, 0.3) is 0 Å². The van der Waals surface area contributed by atoms with Crippen molar-refractivity contribution < 1.29 is 4.39 Å². The second-order valence-electron chi connectivity index (χ2n) is 4.36. The van der Waals surface area contributed by atoms with Crippen molar-refractivity contribution >= 4 is 5.69 Å². The number of hydrogen-bond acceptors (Lipinski definition) is 2. The monoisotopic (exact) mass is 208 g/mol. The van der Waals surface area contributed by atoms with Gasteiger partial charge in [-0.05, 0) is 25.0 Å². The number of para-hydroxylation sites is 1. The van der Waals surface area contributed by atoms with E-state index >= 15 is 0 Å². The summed E-state index contributed by atoms with van der Waals surface area (Å²) in [5.41, 5.74) is 6.46. The molecular weight excluding hydrogens is 191 g/mol. The Kier molecular flexibility index (Phi) is 2.91. The predicted octanol–water partition coefficient (Wildman–Crippen LogP) is 1.95. The van der Waals surface area contributed by atoms with Crippen LogP contribution < -0.4 is 10.6 Å². The summed E-state index contributed by atoms with van der Waals surface area (Å²) in [5.74, 6) is 0. The van der Waals surface area contributed by atoms with Crippen LogP contribution >= 0.6 is 0 Å². The first-order chi connectivity index (χ1) is 7.23. The molecule has 0 aromatic heterocycles. The summed E-state index contributed by atoms with van der Waals surface area (Å²) in [6.07, 6.45) is 1.75. The number of anilines is 1. The minimum atomic E-state index is -0.645. The first-order valence-electron chi connectivity index (χ1n) is 5.38. The standard InChI is InChI=1S/C12H17FN2/c13-9-12(14)7-4-8-15(10-12)11-5-2-1-3-6-11/h1-3,5-6H,4,7-10,14H2. The van der Waals surface area contributed by atoms with Gasteiger partial charge >= 0.3 is 0 Å². The predicted molar refractivity (Wildman–Crippen MR) is 60.8 cm³/mol. The minimum Gasteiger partial charge on any atom is -0.370 e. The second-order valence-corrected chi connectivity index (χ2v) is 4.36. The van der Waals surface area contributed by atoms with Crippen LogP contribution in [0.5, 0.6) is 0 Å². The smallest absolute Gasteiger partial charge is 0.109 e. The number of piperidine rings is 1. The molecule has 1 aromatic rings. The van der Waals surface area contributed by atoms with E-state index in [0.717, 1.165) is 25.1 Å². The maximum atomic E-state index is 12.8. The van der Waals surface area contributed by atoms with Crippen molar-refractivity contribution in [3.8, 4) is 0 Å². The van der Waals surface area contributed by atoms with Crippen LogP contribution in [0, 0.1) is 0 Å². The fourth-order valence-corrected chi connectivity index (χ4v) is 2.13. The lowest BCUT2D eigenvalue weighted by Gasteiger charge is -2.39. The van der Waals surface area contributed by atoms with Crippen molar-refractivity contribution in [3.63, 3.8) is 0 Å². The van der Waals surface area contributed by atoms with E-state index in [0.29, 0.717) is 6.54 Å². The van der Waals surface area contributed by atoms with Gasteiger partial charge in [-0.1, -0.05) is 18.2 Å². The van der Waals surface area contributed by atoms with E-state index in [1.54, 1.807) is 0 Å². The Morgan fingerprint density at radius 3 is 2.73 bits per heavy atom. The number of hydrogen-bond donors (Lipinski definition) is 1. The van der Waals surface area contributed by atoms with E-state index in [-0.39, 0.29) is 0 Å². The van der Waals surface area contributed by atoms with Crippen molar-refractivity contribution in [2.75, 3.05) is 24.7 Å². The van der Waals surface area contributed by atoms with Crippen LogP contribution in [0.2, 0.25) is 0 Å². The Labute approximate surface area is 89.9 Å². The molecule has 1 fully saturated rings. The number of halogens is 1. The molecule has 1 atom stereocenters. The summed E-state index contributed by atoms with van der Waals surface area (Å²) in [6, 6.07) is 10.1. The van der Waals surface area contributed by atoms with Gasteiger partial charge in [-0.25, -0.2) is 4.39 Å². The van der Waals surface area contributed by atoms with E-state index in [2.05, 4.69) is 4.90 Å². The number of nitrogens with zero attached hydrogens (tertiary/aromatic N) is 1. The van der Waals surface area contributed by atoms with Gasteiger partial charge in [0.15, 0.2) is 0 Å². The summed E-state index contributed by atoms with van der Waals surface area (Å²) in [6.45, 7) is 1.16. The summed E-state index contributed by atoms with van der Waals surface area (Å²) < 4.78 is 12.8. The van der Waals surface area contributed by atoms with Gasteiger partial charge < -0.3 is 10.6 Å². The zero-order valence-corrected chi connectivity index (χ0v) is 8.82. The van der Waals surface area contributed by atoms with Gasteiger partial charge in [0.2, 0.25) is 0 Å². The van der Waals surface area contributed by atoms with Crippen molar-refractivity contribution in [1.82, 2.24) is 0 Å². The Bertz CT molecular complexity index is 315. The third-order valence-corrected chi connectivity index (χ3v) is 3.00. The Hall–Kier alpha value is -1.09. The third-order valence-electron chi connectivity index (χ3n) is 3.00. The maximum Gasteiger partial charge on any atom is 0.109 e. The summed E-state index contributed by atoms with van der Waals surface area (Å²) in [5, 5.41) is 0. The van der Waals surface area contributed by atoms with E-state index in [1.807, 2.05) is 30.3 Å². The molecule has 1 saturated heterocycles. The van der Waals surface area contributed by atoms with Crippen molar-refractivity contribution in [3.05, 3.63) is 30.3 Å². The lowest BCUT2D eigenvalue weighted by atomic mass is 9.91. The number of rotatable bonds is 2. The van der Waals surface area contributed by atoms with Gasteiger partial charge in [-0.2, -0.15) is 0 Å². The quantitative estimate of drug-likeness (QED) is 0.805. The second kappa shape index (κ2) is 4.19. The van der Waals surface area contributed by atoms with Crippen molar-refractivity contribution in [2.24, 2.45) is 5.73 Å². The fourth-order valence-electron chi connectivity index (χ4n) is 2.13. The zero-order chi connectivity index (χ0) is 10.7. The topological polar surface area (TPSA) is 29.3 Å². The van der Waals surface area contributed by atoms with Gasteiger partial charge in [0.05, 0.1) is 5.54 Å². The highest BCUT2D eigenvalue weighted by Crippen LogP contribution is 2.24. The molecular formula is C12H17FN2. The molecule has 0 amide bonds. The van der Waals surface area contributed by atoms with Gasteiger partial charge in [-0.15, -0.1) is 0 Å². The molecule has 3 heteroatoms. The molecule has 2 nitrogen and oxygen atoms in total. The molecule has 1 unspecified atom stereocenters. The Balaban J connectivity index is 2.11. The average Bonchev–Trinajstić information content (AvgIpc) is 2.30. The first-order valence-corrected chi connectivity index (χ1v) is 5.38. The van der Waals surface area contributed by atoms with E-state index in [9.17, 15) is 4.39 Å². The molecule has 0 aliphatic carbocycles. The van der Waals surface area contributed by atoms with Crippen LogP contribution in [0.25, 0.3) is 0 Å². The molecule has 1 heterocycles. The average molecular weight is 208 g/mol. The number of alkyl halides is 1. The minimum absolute atomic E-state index is 0.434. The molecule has 1 aliphatic rings. The fraction of sp³-hybridized carbons (Fsp3) is 0.500. The lowest BCUT2D eigenvalue weighted by Crippen LogP contribution is -2.56. The first kappa shape index (κ1) is 10.4.